The maximum absolute atomic E-state index is 3.40. The van der Waals surface area contributed by atoms with Gasteiger partial charge < -0.3 is 0 Å². The Hall–Kier alpha value is -1.58. The summed E-state index contributed by atoms with van der Waals surface area (Å²) < 4.78 is 0. The summed E-state index contributed by atoms with van der Waals surface area (Å²) in [6, 6.07) is 0. The summed E-state index contributed by atoms with van der Waals surface area (Å²) in [7, 11) is 0. The normalized spacial score (nSPS) is 4.11. The van der Waals surface area contributed by atoms with Crippen molar-refractivity contribution < 1.29 is 0 Å². The second-order valence-electron chi connectivity index (χ2n) is 1.10. The quantitative estimate of drug-likeness (QED) is 0.415. The highest BCUT2D eigenvalue weighted by Crippen LogP contribution is 1.55. The van der Waals surface area contributed by atoms with E-state index in [1.165, 1.54) is 6.08 Å². The van der Waals surface area contributed by atoms with Crippen LogP contribution >= 0.6 is 0 Å². The highest BCUT2D eigenvalue weighted by molar-refractivity contribution is 5.36. The molecular formula is C9H6. The first-order valence-corrected chi connectivity index (χ1v) is 2.45. The van der Waals surface area contributed by atoms with Gasteiger partial charge >= 0.3 is 0 Å². The van der Waals surface area contributed by atoms with Crippen molar-refractivity contribution in [1.29, 1.82) is 0 Å². The van der Waals surface area contributed by atoms with Crippen LogP contribution in [0, 0.1) is 35.5 Å². The van der Waals surface area contributed by atoms with Gasteiger partial charge in [0.25, 0.3) is 0 Å². The monoisotopic (exact) mass is 114 g/mol. The summed E-state index contributed by atoms with van der Waals surface area (Å²) in [6.07, 6.45) is 1.49. The maximum atomic E-state index is 3.40. The molecule has 0 aliphatic carbocycles. The van der Waals surface area contributed by atoms with Gasteiger partial charge in [-0.3, -0.25) is 0 Å². The van der Waals surface area contributed by atoms with Crippen LogP contribution < -0.4 is 0 Å². The van der Waals surface area contributed by atoms with E-state index in [2.05, 4.69) is 42.1 Å². The molecule has 0 fully saturated rings. The maximum Gasteiger partial charge on any atom is -0.000709 e. The van der Waals surface area contributed by atoms with E-state index in [1.54, 1.807) is 6.92 Å². The largest absolute Gasteiger partial charge is 0.0925 e. The van der Waals surface area contributed by atoms with Crippen LogP contribution in [0.4, 0.5) is 0 Å². The van der Waals surface area contributed by atoms with Gasteiger partial charge in [-0.2, -0.15) is 0 Å². The van der Waals surface area contributed by atoms with Crippen molar-refractivity contribution in [3.8, 4) is 35.5 Å². The van der Waals surface area contributed by atoms with E-state index in [4.69, 9.17) is 0 Å². The molecule has 0 heterocycles. The smallest absolute Gasteiger partial charge is 0.000709 e. The second-order valence-corrected chi connectivity index (χ2v) is 1.10. The van der Waals surface area contributed by atoms with Crippen molar-refractivity contribution in [3.63, 3.8) is 0 Å². The number of hydrogen-bond donors (Lipinski definition) is 0. The molecule has 0 saturated heterocycles. The molecule has 0 heteroatoms. The number of allylic oxidation sites excluding steroid dienone is 1. The molecule has 0 amide bonds. The Morgan fingerprint density at radius 2 is 1.78 bits per heavy atom. The Kier molecular flexibility index (Phi) is 5.29. The molecule has 0 bridgehead atoms. The first-order chi connectivity index (χ1) is 4.41. The van der Waals surface area contributed by atoms with Crippen LogP contribution in [0.25, 0.3) is 0 Å². The summed E-state index contributed by atoms with van der Waals surface area (Å²) in [5.41, 5.74) is 0. The Morgan fingerprint density at radius 1 is 1.11 bits per heavy atom. The van der Waals surface area contributed by atoms with E-state index in [0.29, 0.717) is 0 Å². The molecule has 0 N–H and O–H groups in total. The SMILES string of the molecule is C=CC#CC#CC#CC. The fourth-order valence-corrected chi connectivity index (χ4v) is 0.212. The fraction of sp³-hybridized carbons (Fsp3) is 0.111. The van der Waals surface area contributed by atoms with E-state index in [9.17, 15) is 0 Å². The minimum atomic E-state index is 1.49. The molecule has 0 aromatic heterocycles. The van der Waals surface area contributed by atoms with Crippen LogP contribution in [0.5, 0.6) is 0 Å². The molecule has 0 aromatic rings. The predicted molar refractivity (Wildman–Crippen MR) is 39.2 cm³/mol. The van der Waals surface area contributed by atoms with Gasteiger partial charge in [0.15, 0.2) is 0 Å². The lowest BCUT2D eigenvalue weighted by atomic mass is 10.5. The van der Waals surface area contributed by atoms with Crippen LogP contribution in [0.15, 0.2) is 12.7 Å². The lowest BCUT2D eigenvalue weighted by Crippen LogP contribution is -1.49. The van der Waals surface area contributed by atoms with Crippen molar-refractivity contribution in [3.05, 3.63) is 12.7 Å². The Bertz CT molecular complexity index is 250. The van der Waals surface area contributed by atoms with Crippen LogP contribution in [-0.4, -0.2) is 0 Å². The third kappa shape index (κ3) is 6.42. The van der Waals surface area contributed by atoms with Gasteiger partial charge in [0.2, 0.25) is 0 Å². The molecular weight excluding hydrogens is 108 g/mol. The Balaban J connectivity index is 3.85. The molecule has 0 atom stereocenters. The van der Waals surface area contributed by atoms with Crippen molar-refractivity contribution in [2.24, 2.45) is 0 Å². The van der Waals surface area contributed by atoms with Crippen LogP contribution in [0.3, 0.4) is 0 Å². The van der Waals surface area contributed by atoms with Crippen LogP contribution in [0.2, 0.25) is 0 Å². The standard InChI is InChI=1S/C9H6/c1-3-5-7-9-8-6-4-2/h3H,1H2,2H3. The van der Waals surface area contributed by atoms with Crippen molar-refractivity contribution >= 4 is 0 Å². The minimum Gasteiger partial charge on any atom is -0.0925 e. The molecule has 0 saturated carbocycles. The first kappa shape index (κ1) is 7.42. The zero-order valence-corrected chi connectivity index (χ0v) is 5.28. The van der Waals surface area contributed by atoms with Gasteiger partial charge in [-0.1, -0.05) is 18.4 Å². The topological polar surface area (TPSA) is 0 Å². The van der Waals surface area contributed by atoms with Gasteiger partial charge in [0.05, 0.1) is 0 Å². The van der Waals surface area contributed by atoms with Crippen LogP contribution in [0.1, 0.15) is 6.92 Å². The van der Waals surface area contributed by atoms with E-state index in [0.717, 1.165) is 0 Å². The van der Waals surface area contributed by atoms with E-state index < -0.39 is 0 Å². The third-order valence-corrected chi connectivity index (χ3v) is 0.487. The third-order valence-electron chi connectivity index (χ3n) is 0.487. The molecule has 9 heavy (non-hydrogen) atoms. The fourth-order valence-electron chi connectivity index (χ4n) is 0.212. The molecule has 0 aliphatic rings. The van der Waals surface area contributed by atoms with Gasteiger partial charge in [0, 0.05) is 0 Å². The first-order valence-electron chi connectivity index (χ1n) is 2.45. The molecule has 0 nitrogen and oxygen atoms in total. The predicted octanol–water partition coefficient (Wildman–Crippen LogP) is 1.20. The summed E-state index contributed by atoms with van der Waals surface area (Å²) in [5, 5.41) is 0. The van der Waals surface area contributed by atoms with Crippen molar-refractivity contribution in [1.82, 2.24) is 0 Å². The molecule has 0 rings (SSSR count). The summed E-state index contributed by atoms with van der Waals surface area (Å²) in [4.78, 5) is 0. The number of hydrogen-bond acceptors (Lipinski definition) is 0. The lowest BCUT2D eigenvalue weighted by Gasteiger charge is -1.54. The van der Waals surface area contributed by atoms with Crippen LogP contribution in [-0.2, 0) is 0 Å². The van der Waals surface area contributed by atoms with Crippen molar-refractivity contribution in [2.45, 2.75) is 6.92 Å². The minimum absolute atomic E-state index is 1.49. The van der Waals surface area contributed by atoms with E-state index in [-0.39, 0.29) is 0 Å². The summed E-state index contributed by atoms with van der Waals surface area (Å²) in [5.74, 6) is 15.4. The molecule has 0 unspecified atom stereocenters. The summed E-state index contributed by atoms with van der Waals surface area (Å²) >= 11 is 0. The van der Waals surface area contributed by atoms with E-state index >= 15 is 0 Å². The molecule has 42 valence electrons. The Morgan fingerprint density at radius 3 is 2.33 bits per heavy atom. The molecule has 0 radical (unpaired) electrons. The van der Waals surface area contributed by atoms with Gasteiger partial charge in [-0.25, -0.2) is 0 Å². The van der Waals surface area contributed by atoms with Crippen molar-refractivity contribution in [2.75, 3.05) is 0 Å². The number of rotatable bonds is 0. The highest BCUT2D eigenvalue weighted by Gasteiger charge is 1.50. The van der Waals surface area contributed by atoms with E-state index in [1.807, 2.05) is 0 Å². The highest BCUT2D eigenvalue weighted by atomic mass is 13.5. The average Bonchev–Trinajstić information content (AvgIpc) is 1.89. The average molecular weight is 114 g/mol. The van der Waals surface area contributed by atoms with Gasteiger partial charge in [0.1, 0.15) is 0 Å². The molecule has 0 spiro atoms. The Labute approximate surface area is 56.0 Å². The summed E-state index contributed by atoms with van der Waals surface area (Å²) in [6.45, 7) is 5.13. The zero-order chi connectivity index (χ0) is 6.95. The van der Waals surface area contributed by atoms with Gasteiger partial charge in [-0.15, -0.1) is 0 Å². The molecule has 0 aliphatic heterocycles. The zero-order valence-electron chi connectivity index (χ0n) is 5.28. The molecule has 0 aromatic carbocycles. The lowest BCUT2D eigenvalue weighted by molar-refractivity contribution is 1.92. The van der Waals surface area contributed by atoms with Gasteiger partial charge in [-0.05, 0) is 36.7 Å². The second kappa shape index (κ2) is 6.42.